The molecule has 0 saturated heterocycles. The zero-order valence-corrected chi connectivity index (χ0v) is 12.0. The molecular formula is C16H25NO. The second kappa shape index (κ2) is 5.31. The Kier molecular flexibility index (Phi) is 3.96. The molecule has 1 aromatic carbocycles. The molecule has 0 aromatic heterocycles. The van der Waals surface area contributed by atoms with Crippen LogP contribution in [0.3, 0.4) is 0 Å². The third-order valence-electron chi connectivity index (χ3n) is 3.96. The fourth-order valence-electron chi connectivity index (χ4n) is 2.70. The first-order valence-corrected chi connectivity index (χ1v) is 6.96. The van der Waals surface area contributed by atoms with Gasteiger partial charge in [0, 0.05) is 12.0 Å². The quantitative estimate of drug-likeness (QED) is 0.833. The Morgan fingerprint density at radius 3 is 2.39 bits per heavy atom. The van der Waals surface area contributed by atoms with Gasteiger partial charge in [0.1, 0.15) is 5.75 Å². The number of benzene rings is 1. The van der Waals surface area contributed by atoms with E-state index in [2.05, 4.69) is 50.4 Å². The zero-order chi connectivity index (χ0) is 13.2. The Balaban J connectivity index is 2.03. The van der Waals surface area contributed by atoms with E-state index >= 15 is 0 Å². The van der Waals surface area contributed by atoms with Gasteiger partial charge in [-0.2, -0.15) is 0 Å². The number of nitrogens with one attached hydrogen (secondary N) is 1. The summed E-state index contributed by atoms with van der Waals surface area (Å²) in [5.74, 6) is 2.34. The molecule has 1 aliphatic carbocycles. The Bertz CT molecular complexity index is 385. The molecule has 0 bridgehead atoms. The maximum absolute atomic E-state index is 5.73. The van der Waals surface area contributed by atoms with E-state index in [0.717, 1.165) is 24.8 Å². The van der Waals surface area contributed by atoms with Gasteiger partial charge >= 0.3 is 0 Å². The van der Waals surface area contributed by atoms with Gasteiger partial charge in [0.15, 0.2) is 0 Å². The second-order valence-electron chi connectivity index (χ2n) is 6.02. The summed E-state index contributed by atoms with van der Waals surface area (Å²) < 4.78 is 5.73. The molecule has 2 nitrogen and oxygen atoms in total. The first kappa shape index (κ1) is 13.4. The van der Waals surface area contributed by atoms with E-state index in [4.69, 9.17) is 4.74 Å². The van der Waals surface area contributed by atoms with Gasteiger partial charge in [-0.3, -0.25) is 0 Å². The van der Waals surface area contributed by atoms with Gasteiger partial charge in [0.2, 0.25) is 0 Å². The lowest BCUT2D eigenvalue weighted by Gasteiger charge is -2.17. The summed E-state index contributed by atoms with van der Waals surface area (Å²) >= 11 is 0. The van der Waals surface area contributed by atoms with Crippen molar-refractivity contribution in [2.75, 3.05) is 20.2 Å². The van der Waals surface area contributed by atoms with E-state index in [0.29, 0.717) is 11.3 Å². The lowest BCUT2D eigenvalue weighted by molar-refractivity contribution is 0.271. The summed E-state index contributed by atoms with van der Waals surface area (Å²) in [6.45, 7) is 8.53. The van der Waals surface area contributed by atoms with Crippen molar-refractivity contribution in [2.24, 2.45) is 11.8 Å². The van der Waals surface area contributed by atoms with E-state index in [1.165, 1.54) is 12.0 Å². The maximum atomic E-state index is 5.73. The van der Waals surface area contributed by atoms with Gasteiger partial charge in [0.05, 0.1) is 6.61 Å². The van der Waals surface area contributed by atoms with Crippen molar-refractivity contribution in [1.82, 2.24) is 5.32 Å². The van der Waals surface area contributed by atoms with E-state index in [1.807, 2.05) is 7.05 Å². The molecule has 1 aliphatic rings. The molecule has 0 amide bonds. The van der Waals surface area contributed by atoms with Crippen molar-refractivity contribution in [2.45, 2.75) is 32.6 Å². The molecule has 18 heavy (non-hydrogen) atoms. The molecule has 2 atom stereocenters. The summed E-state index contributed by atoms with van der Waals surface area (Å²) in [6.07, 6.45) is 1.29. The van der Waals surface area contributed by atoms with Crippen molar-refractivity contribution in [3.8, 4) is 5.75 Å². The minimum absolute atomic E-state index is 0.366. The van der Waals surface area contributed by atoms with Crippen LogP contribution in [0, 0.1) is 11.8 Å². The Hall–Kier alpha value is -1.02. The molecule has 2 heteroatoms. The topological polar surface area (TPSA) is 21.3 Å². The number of hydrogen-bond donors (Lipinski definition) is 1. The summed E-state index contributed by atoms with van der Waals surface area (Å²) in [5.41, 5.74) is 1.81. The zero-order valence-electron chi connectivity index (χ0n) is 12.0. The predicted octanol–water partition coefficient (Wildman–Crippen LogP) is 3.22. The first-order valence-electron chi connectivity index (χ1n) is 6.96. The third-order valence-corrected chi connectivity index (χ3v) is 3.96. The highest BCUT2D eigenvalue weighted by molar-refractivity contribution is 5.38. The highest BCUT2D eigenvalue weighted by Gasteiger charge is 2.51. The van der Waals surface area contributed by atoms with E-state index < -0.39 is 0 Å². The molecule has 100 valence electrons. The Morgan fingerprint density at radius 2 is 1.94 bits per heavy atom. The molecule has 2 unspecified atom stereocenters. The van der Waals surface area contributed by atoms with E-state index in [-0.39, 0.29) is 0 Å². The Morgan fingerprint density at radius 1 is 1.33 bits per heavy atom. The third kappa shape index (κ3) is 2.69. The molecule has 1 N–H and O–H groups in total. The molecule has 0 aliphatic heterocycles. The van der Waals surface area contributed by atoms with Gasteiger partial charge in [-0.1, -0.05) is 32.9 Å². The van der Waals surface area contributed by atoms with Crippen LogP contribution >= 0.6 is 0 Å². The molecular weight excluding hydrogens is 222 g/mol. The molecule has 1 aromatic rings. The van der Waals surface area contributed by atoms with Crippen LogP contribution in [0.4, 0.5) is 0 Å². The number of likely N-dealkylation sites (N-methyl/N-ethyl adjacent to an activating group) is 1. The second-order valence-corrected chi connectivity index (χ2v) is 6.02. The van der Waals surface area contributed by atoms with Crippen molar-refractivity contribution in [3.63, 3.8) is 0 Å². The summed E-state index contributed by atoms with van der Waals surface area (Å²) in [4.78, 5) is 0. The molecule has 1 saturated carbocycles. The lowest BCUT2D eigenvalue weighted by atomic mass is 9.93. The van der Waals surface area contributed by atoms with Crippen LogP contribution in [0.2, 0.25) is 0 Å². The van der Waals surface area contributed by atoms with Gasteiger partial charge in [0.25, 0.3) is 0 Å². The van der Waals surface area contributed by atoms with E-state index in [9.17, 15) is 0 Å². The predicted molar refractivity (Wildman–Crippen MR) is 76.2 cm³/mol. The molecule has 1 fully saturated rings. The molecule has 0 heterocycles. The van der Waals surface area contributed by atoms with Crippen molar-refractivity contribution < 1.29 is 4.74 Å². The molecule has 0 radical (unpaired) electrons. The van der Waals surface area contributed by atoms with Crippen LogP contribution < -0.4 is 10.1 Å². The SMILES string of the molecule is CNCC1(c2ccc(OCC(C)C)cc2)CC1C. The summed E-state index contributed by atoms with van der Waals surface area (Å²) in [5, 5.41) is 3.32. The normalized spacial score (nSPS) is 26.4. The molecule has 0 spiro atoms. The van der Waals surface area contributed by atoms with Gasteiger partial charge in [-0.15, -0.1) is 0 Å². The van der Waals surface area contributed by atoms with Crippen LogP contribution in [0.5, 0.6) is 5.75 Å². The fourth-order valence-corrected chi connectivity index (χ4v) is 2.70. The fraction of sp³-hybridized carbons (Fsp3) is 0.625. The lowest BCUT2D eigenvalue weighted by Crippen LogP contribution is -2.25. The van der Waals surface area contributed by atoms with Crippen LogP contribution in [0.15, 0.2) is 24.3 Å². The summed E-state index contributed by atoms with van der Waals surface area (Å²) in [6, 6.07) is 8.69. The maximum Gasteiger partial charge on any atom is 0.119 e. The van der Waals surface area contributed by atoms with Gasteiger partial charge in [-0.05, 0) is 43.0 Å². The van der Waals surface area contributed by atoms with Gasteiger partial charge < -0.3 is 10.1 Å². The van der Waals surface area contributed by atoms with Crippen molar-refractivity contribution in [3.05, 3.63) is 29.8 Å². The van der Waals surface area contributed by atoms with Crippen LogP contribution in [-0.2, 0) is 5.41 Å². The van der Waals surface area contributed by atoms with Crippen LogP contribution in [0.1, 0.15) is 32.8 Å². The minimum Gasteiger partial charge on any atom is -0.493 e. The summed E-state index contributed by atoms with van der Waals surface area (Å²) in [7, 11) is 2.03. The number of ether oxygens (including phenoxy) is 1. The highest BCUT2D eigenvalue weighted by Crippen LogP contribution is 2.53. The minimum atomic E-state index is 0.366. The monoisotopic (exact) mass is 247 g/mol. The van der Waals surface area contributed by atoms with Crippen molar-refractivity contribution >= 4 is 0 Å². The van der Waals surface area contributed by atoms with Crippen molar-refractivity contribution in [1.29, 1.82) is 0 Å². The first-order chi connectivity index (χ1) is 8.58. The number of hydrogen-bond acceptors (Lipinski definition) is 2. The van der Waals surface area contributed by atoms with Crippen LogP contribution in [-0.4, -0.2) is 20.2 Å². The van der Waals surface area contributed by atoms with Gasteiger partial charge in [-0.25, -0.2) is 0 Å². The largest absolute Gasteiger partial charge is 0.493 e. The standard InChI is InChI=1S/C16H25NO/c1-12(2)10-18-15-7-5-14(6-8-15)16(11-17-4)9-13(16)3/h5-8,12-13,17H,9-11H2,1-4H3. The Labute approximate surface area is 111 Å². The van der Waals surface area contributed by atoms with Crippen LogP contribution in [0.25, 0.3) is 0 Å². The average Bonchev–Trinajstić information content (AvgIpc) is 2.99. The molecule has 2 rings (SSSR count). The average molecular weight is 247 g/mol. The smallest absolute Gasteiger partial charge is 0.119 e. The van der Waals surface area contributed by atoms with E-state index in [1.54, 1.807) is 0 Å². The number of rotatable bonds is 6. The highest BCUT2D eigenvalue weighted by atomic mass is 16.5.